The van der Waals surface area contributed by atoms with Crippen molar-refractivity contribution in [3.8, 4) is 0 Å². The number of rotatable bonds is 10. The quantitative estimate of drug-likeness (QED) is 0.275. The fourth-order valence-electron chi connectivity index (χ4n) is 1.71. The Morgan fingerprint density at radius 2 is 1.65 bits per heavy atom. The molecule has 0 aliphatic heterocycles. The molecule has 9 nitrogen and oxygen atoms in total. The van der Waals surface area contributed by atoms with Gasteiger partial charge in [-0.3, -0.25) is 4.52 Å². The van der Waals surface area contributed by atoms with Crippen molar-refractivity contribution >= 4 is 33.3 Å². The van der Waals surface area contributed by atoms with Gasteiger partial charge in [0.05, 0.1) is 5.60 Å². The topological polar surface area (TPSA) is 149 Å². The monoisotopic (exact) mass is 389 g/mol. The maximum absolute atomic E-state index is 11.0. The SMILES string of the molecule is CC(C)(CCNC(=S)NCCC(C)(C)OP(N)(=O)O)O[P+](N)=O. The average Bonchev–Trinajstić information content (AvgIpc) is 2.22. The van der Waals surface area contributed by atoms with E-state index in [1.54, 1.807) is 27.7 Å². The van der Waals surface area contributed by atoms with Crippen LogP contribution in [0.5, 0.6) is 0 Å². The van der Waals surface area contributed by atoms with E-state index in [0.717, 1.165) is 0 Å². The lowest BCUT2D eigenvalue weighted by Crippen LogP contribution is -2.40. The molecule has 0 amide bonds. The molecule has 0 aromatic rings. The molecular weight excluding hydrogens is 362 g/mol. The zero-order valence-electron chi connectivity index (χ0n) is 13.9. The van der Waals surface area contributed by atoms with Gasteiger partial charge in [0.2, 0.25) is 0 Å². The Bertz CT molecular complexity index is 469. The second kappa shape index (κ2) is 9.34. The lowest BCUT2D eigenvalue weighted by Gasteiger charge is -2.26. The van der Waals surface area contributed by atoms with Crippen LogP contribution < -0.4 is 21.6 Å². The van der Waals surface area contributed by atoms with Gasteiger partial charge in [0.25, 0.3) is 0 Å². The van der Waals surface area contributed by atoms with Crippen molar-refractivity contribution in [1.82, 2.24) is 10.6 Å². The largest absolute Gasteiger partial charge is 0.610 e. The molecule has 0 saturated heterocycles. The van der Waals surface area contributed by atoms with Crippen LogP contribution in [0.25, 0.3) is 0 Å². The van der Waals surface area contributed by atoms with E-state index >= 15 is 0 Å². The Balaban J connectivity index is 4.00. The Labute approximate surface area is 143 Å². The molecule has 0 aliphatic carbocycles. The summed E-state index contributed by atoms with van der Waals surface area (Å²) in [6.45, 7) is 7.84. The van der Waals surface area contributed by atoms with Crippen LogP contribution in [-0.4, -0.2) is 34.3 Å². The highest BCUT2D eigenvalue weighted by atomic mass is 32.1. The molecule has 23 heavy (non-hydrogen) atoms. The first-order valence-electron chi connectivity index (χ1n) is 6.97. The third kappa shape index (κ3) is 13.9. The maximum Gasteiger partial charge on any atom is 0.610 e. The molecular formula is C11H27N4O5P2S+. The van der Waals surface area contributed by atoms with Crippen molar-refractivity contribution in [3.63, 3.8) is 0 Å². The summed E-state index contributed by atoms with van der Waals surface area (Å²) in [6, 6.07) is 0. The number of hydrogen-bond donors (Lipinski definition) is 5. The predicted molar refractivity (Wildman–Crippen MR) is 94.0 cm³/mol. The van der Waals surface area contributed by atoms with Crippen molar-refractivity contribution in [2.75, 3.05) is 13.1 Å². The zero-order valence-corrected chi connectivity index (χ0v) is 16.5. The predicted octanol–water partition coefficient (Wildman–Crippen LogP) is 1.50. The van der Waals surface area contributed by atoms with Gasteiger partial charge in [0.1, 0.15) is 5.60 Å². The molecule has 0 heterocycles. The lowest BCUT2D eigenvalue weighted by molar-refractivity contribution is 0.0850. The lowest BCUT2D eigenvalue weighted by atomic mass is 10.1. The summed E-state index contributed by atoms with van der Waals surface area (Å²) < 4.78 is 31.9. The van der Waals surface area contributed by atoms with Crippen LogP contribution in [0.15, 0.2) is 0 Å². The molecule has 0 aromatic heterocycles. The molecule has 2 unspecified atom stereocenters. The molecule has 0 radical (unpaired) electrons. The van der Waals surface area contributed by atoms with Gasteiger partial charge in [0, 0.05) is 13.1 Å². The summed E-state index contributed by atoms with van der Waals surface area (Å²) >= 11 is 5.11. The van der Waals surface area contributed by atoms with Crippen molar-refractivity contribution in [2.24, 2.45) is 11.0 Å². The molecule has 0 aliphatic rings. The van der Waals surface area contributed by atoms with Gasteiger partial charge in [-0.15, -0.1) is 4.52 Å². The molecule has 0 rings (SSSR count). The number of thiocarbonyl (C=S) groups is 1. The Kier molecular flexibility index (Phi) is 9.27. The highest BCUT2D eigenvalue weighted by molar-refractivity contribution is 7.80. The van der Waals surface area contributed by atoms with E-state index in [1.807, 2.05) is 0 Å². The minimum absolute atomic E-state index is 0.425. The summed E-state index contributed by atoms with van der Waals surface area (Å²) in [5.41, 5.74) is 8.63. The fraction of sp³-hybridized carbons (Fsp3) is 0.909. The molecule has 0 saturated carbocycles. The summed E-state index contributed by atoms with van der Waals surface area (Å²) in [5, 5.41) is 6.36. The van der Waals surface area contributed by atoms with E-state index in [4.69, 9.17) is 37.2 Å². The maximum atomic E-state index is 11.0. The van der Waals surface area contributed by atoms with Gasteiger partial charge < -0.3 is 15.5 Å². The Hall–Kier alpha value is -0.180. The van der Waals surface area contributed by atoms with Crippen LogP contribution >= 0.6 is 28.1 Å². The molecule has 136 valence electrons. The first kappa shape index (κ1) is 22.8. The van der Waals surface area contributed by atoms with Crippen molar-refractivity contribution in [3.05, 3.63) is 0 Å². The van der Waals surface area contributed by atoms with Crippen molar-refractivity contribution < 1.29 is 23.1 Å². The minimum atomic E-state index is -4.02. The zero-order chi connectivity index (χ0) is 18.3. The molecule has 0 bridgehead atoms. The summed E-state index contributed by atoms with van der Waals surface area (Å²) in [6.07, 6.45) is 0.987. The van der Waals surface area contributed by atoms with Crippen molar-refractivity contribution in [2.45, 2.75) is 51.7 Å². The summed E-state index contributed by atoms with van der Waals surface area (Å²) in [5.74, 6) is 0. The van der Waals surface area contributed by atoms with E-state index < -0.39 is 27.1 Å². The fourth-order valence-corrected chi connectivity index (χ4v) is 3.29. The molecule has 0 fully saturated rings. The van der Waals surface area contributed by atoms with Crippen LogP contribution in [0, 0.1) is 0 Å². The minimum Gasteiger partial charge on any atom is -0.363 e. The third-order valence-electron chi connectivity index (χ3n) is 2.74. The second-order valence-corrected chi connectivity index (χ2v) is 8.71. The average molecular weight is 389 g/mol. The van der Waals surface area contributed by atoms with Gasteiger partial charge >= 0.3 is 15.9 Å². The number of hydrogen-bond acceptors (Lipinski definition) is 5. The molecule has 12 heteroatoms. The van der Waals surface area contributed by atoms with E-state index in [0.29, 0.717) is 31.0 Å². The van der Waals surface area contributed by atoms with Crippen LogP contribution in [0.1, 0.15) is 40.5 Å². The van der Waals surface area contributed by atoms with Gasteiger partial charge in [0.15, 0.2) is 5.11 Å². The van der Waals surface area contributed by atoms with Gasteiger partial charge in [-0.2, -0.15) is 0 Å². The van der Waals surface area contributed by atoms with Gasteiger partial charge in [-0.25, -0.2) is 10.1 Å². The molecule has 0 spiro atoms. The van der Waals surface area contributed by atoms with Gasteiger partial charge in [-0.1, -0.05) is 5.50 Å². The normalized spacial score (nSPS) is 15.7. The van der Waals surface area contributed by atoms with E-state index in [-0.39, 0.29) is 0 Å². The molecule has 0 aromatic carbocycles. The number of nitrogens with one attached hydrogen (secondary N) is 2. The first-order valence-corrected chi connectivity index (χ1v) is 10.3. The van der Waals surface area contributed by atoms with E-state index in [1.165, 1.54) is 0 Å². The van der Waals surface area contributed by atoms with E-state index in [9.17, 15) is 9.13 Å². The van der Waals surface area contributed by atoms with Crippen LogP contribution in [0.3, 0.4) is 0 Å². The highest BCUT2D eigenvalue weighted by Gasteiger charge is 2.29. The van der Waals surface area contributed by atoms with Crippen LogP contribution in [0.4, 0.5) is 0 Å². The standard InChI is InChI=1S/C11H26N4O5P2S/c1-10(2,19-21(12)16)5-7-14-9(23)15-8-6-11(3,4)20-22(13,17)18/h5-8H2,1-4H3,(H6-,12,13,14,15,16,17,18,23)/p+1. The second-order valence-electron chi connectivity index (χ2n) is 6.23. The Morgan fingerprint density at radius 1 is 1.22 bits per heavy atom. The van der Waals surface area contributed by atoms with Crippen molar-refractivity contribution in [1.29, 1.82) is 0 Å². The first-order chi connectivity index (χ1) is 10.2. The highest BCUT2D eigenvalue weighted by Crippen LogP contribution is 2.38. The smallest absolute Gasteiger partial charge is 0.363 e. The van der Waals surface area contributed by atoms with Crippen LogP contribution in [0.2, 0.25) is 0 Å². The third-order valence-corrected chi connectivity index (χ3v) is 4.46. The van der Waals surface area contributed by atoms with Gasteiger partial charge in [-0.05, 0) is 57.3 Å². The van der Waals surface area contributed by atoms with E-state index in [2.05, 4.69) is 10.6 Å². The summed E-state index contributed by atoms with van der Waals surface area (Å²) in [4.78, 5) is 9.03. The number of nitrogens with two attached hydrogens (primary N) is 2. The summed E-state index contributed by atoms with van der Waals surface area (Å²) in [7, 11) is -6.17. The molecule has 2 atom stereocenters. The molecule has 7 N–H and O–H groups in total. The van der Waals surface area contributed by atoms with Crippen LogP contribution in [-0.2, 0) is 18.2 Å². The Morgan fingerprint density at radius 3 is 2.04 bits per heavy atom.